The molecule has 1 atom stereocenters. The van der Waals surface area contributed by atoms with Crippen molar-refractivity contribution in [2.45, 2.75) is 51.5 Å². The summed E-state index contributed by atoms with van der Waals surface area (Å²) in [6.45, 7) is 0.147. The molecular formula is C18H30NO7P. The quantitative estimate of drug-likeness (QED) is 0.234. The lowest BCUT2D eigenvalue weighted by molar-refractivity contribution is -0.122. The SMILES string of the molecule is CCCCCCCC(=O)NC(COP(=O)(OCO)OCO)c1ccccc1. The van der Waals surface area contributed by atoms with Crippen LogP contribution in [0.4, 0.5) is 0 Å². The number of aliphatic hydroxyl groups is 2. The van der Waals surface area contributed by atoms with E-state index in [0.717, 1.165) is 37.7 Å². The van der Waals surface area contributed by atoms with E-state index in [1.54, 1.807) is 12.1 Å². The number of carbonyl (C=O) groups excluding carboxylic acids is 1. The van der Waals surface area contributed by atoms with Gasteiger partial charge in [0.15, 0.2) is 13.6 Å². The molecule has 1 aromatic carbocycles. The molecule has 1 unspecified atom stereocenters. The van der Waals surface area contributed by atoms with E-state index >= 15 is 0 Å². The first-order chi connectivity index (χ1) is 13.0. The molecule has 8 nitrogen and oxygen atoms in total. The molecule has 0 fully saturated rings. The van der Waals surface area contributed by atoms with Crippen molar-refractivity contribution in [2.75, 3.05) is 20.2 Å². The maximum atomic E-state index is 12.3. The Labute approximate surface area is 160 Å². The molecule has 3 N–H and O–H groups in total. The van der Waals surface area contributed by atoms with Gasteiger partial charge in [-0.15, -0.1) is 0 Å². The summed E-state index contributed by atoms with van der Waals surface area (Å²) in [5, 5.41) is 20.5. The summed E-state index contributed by atoms with van der Waals surface area (Å²) in [4.78, 5) is 12.3. The lowest BCUT2D eigenvalue weighted by atomic mass is 10.1. The molecule has 1 amide bonds. The van der Waals surface area contributed by atoms with Crippen LogP contribution in [0.2, 0.25) is 0 Å². The molecule has 154 valence electrons. The summed E-state index contributed by atoms with van der Waals surface area (Å²) in [6, 6.07) is 8.50. The highest BCUT2D eigenvalue weighted by Crippen LogP contribution is 2.49. The van der Waals surface area contributed by atoms with Crippen molar-refractivity contribution in [2.24, 2.45) is 0 Å². The van der Waals surface area contributed by atoms with Crippen LogP contribution in [0.15, 0.2) is 30.3 Å². The molecular weight excluding hydrogens is 373 g/mol. The Kier molecular flexibility index (Phi) is 12.2. The third-order valence-electron chi connectivity index (χ3n) is 3.88. The molecule has 0 spiro atoms. The molecule has 0 aliphatic carbocycles. The Hall–Kier alpha value is -1.28. The summed E-state index contributed by atoms with van der Waals surface area (Å²) >= 11 is 0. The van der Waals surface area contributed by atoms with Crippen LogP contribution in [0.25, 0.3) is 0 Å². The zero-order chi connectivity index (χ0) is 20.0. The third-order valence-corrected chi connectivity index (χ3v) is 5.20. The summed E-state index contributed by atoms with van der Waals surface area (Å²) in [5.41, 5.74) is 0.761. The maximum absolute atomic E-state index is 12.3. The minimum atomic E-state index is -4.12. The molecule has 0 aromatic heterocycles. The fourth-order valence-corrected chi connectivity index (χ4v) is 3.32. The molecule has 0 aliphatic rings. The monoisotopic (exact) mass is 403 g/mol. The fraction of sp³-hybridized carbons (Fsp3) is 0.611. The van der Waals surface area contributed by atoms with Gasteiger partial charge >= 0.3 is 7.82 Å². The molecule has 0 saturated carbocycles. The number of phosphoric acid groups is 1. The van der Waals surface area contributed by atoms with Gasteiger partial charge in [-0.1, -0.05) is 62.9 Å². The number of unbranched alkanes of at least 4 members (excludes halogenated alkanes) is 4. The third kappa shape index (κ3) is 10.0. The van der Waals surface area contributed by atoms with Gasteiger partial charge in [0.25, 0.3) is 0 Å². The van der Waals surface area contributed by atoms with Crippen molar-refractivity contribution >= 4 is 13.7 Å². The van der Waals surface area contributed by atoms with E-state index in [4.69, 9.17) is 14.7 Å². The van der Waals surface area contributed by atoms with E-state index in [1.165, 1.54) is 0 Å². The Bertz CT molecular complexity index is 560. The van der Waals surface area contributed by atoms with Crippen LogP contribution in [0.5, 0.6) is 0 Å². The lowest BCUT2D eigenvalue weighted by Crippen LogP contribution is -2.31. The number of nitrogens with one attached hydrogen (secondary N) is 1. The number of amides is 1. The molecule has 1 aromatic rings. The van der Waals surface area contributed by atoms with Gasteiger partial charge in [-0.3, -0.25) is 18.4 Å². The zero-order valence-electron chi connectivity index (χ0n) is 15.7. The first-order valence-electron chi connectivity index (χ1n) is 9.14. The largest absolute Gasteiger partial charge is 0.479 e. The molecule has 9 heteroatoms. The van der Waals surface area contributed by atoms with Gasteiger partial charge < -0.3 is 15.5 Å². The maximum Gasteiger partial charge on any atom is 0.479 e. The van der Waals surface area contributed by atoms with Crippen molar-refractivity contribution in [3.8, 4) is 0 Å². The van der Waals surface area contributed by atoms with Crippen LogP contribution in [0.1, 0.15) is 57.1 Å². The molecule has 0 aliphatic heterocycles. The number of rotatable bonds is 15. The van der Waals surface area contributed by atoms with Crippen molar-refractivity contribution in [3.63, 3.8) is 0 Å². The molecule has 0 radical (unpaired) electrons. The second kappa shape index (κ2) is 13.8. The average molecular weight is 403 g/mol. The first kappa shape index (κ1) is 23.8. The van der Waals surface area contributed by atoms with E-state index in [0.29, 0.717) is 6.42 Å². The van der Waals surface area contributed by atoms with Gasteiger partial charge in [0.1, 0.15) is 0 Å². The number of aliphatic hydroxyl groups excluding tert-OH is 2. The standard InChI is InChI=1S/C18H30NO7P/c1-2-3-4-5-9-12-18(22)19-17(16-10-7-6-8-11-16)13-24-27(23,25-14-20)26-15-21/h6-8,10-11,17,20-21H,2-5,9,12-15H2,1H3,(H,19,22). The van der Waals surface area contributed by atoms with E-state index in [-0.39, 0.29) is 12.5 Å². The van der Waals surface area contributed by atoms with Crippen LogP contribution in [0.3, 0.4) is 0 Å². The molecule has 0 heterocycles. The molecule has 0 bridgehead atoms. The highest BCUT2D eigenvalue weighted by Gasteiger charge is 2.28. The van der Waals surface area contributed by atoms with E-state index in [2.05, 4.69) is 21.3 Å². The van der Waals surface area contributed by atoms with Gasteiger partial charge in [0.2, 0.25) is 5.91 Å². The summed E-state index contributed by atoms with van der Waals surface area (Å²) in [5.74, 6) is -0.134. The summed E-state index contributed by atoms with van der Waals surface area (Å²) < 4.78 is 26.5. The molecule has 27 heavy (non-hydrogen) atoms. The van der Waals surface area contributed by atoms with E-state index in [1.807, 2.05) is 18.2 Å². The van der Waals surface area contributed by atoms with Crippen LogP contribution in [0, 0.1) is 0 Å². The second-order valence-electron chi connectivity index (χ2n) is 5.95. The fourth-order valence-electron chi connectivity index (χ4n) is 2.48. The smallest absolute Gasteiger partial charge is 0.370 e. The van der Waals surface area contributed by atoms with Crippen molar-refractivity contribution < 1.29 is 33.1 Å². The zero-order valence-corrected chi connectivity index (χ0v) is 16.6. The summed E-state index contributed by atoms with van der Waals surface area (Å²) in [6.07, 6.45) is 5.60. The molecule has 1 rings (SSSR count). The second-order valence-corrected chi connectivity index (χ2v) is 7.62. The normalized spacial score (nSPS) is 12.7. The minimum Gasteiger partial charge on any atom is -0.370 e. The Balaban J connectivity index is 2.66. The van der Waals surface area contributed by atoms with Gasteiger partial charge in [0.05, 0.1) is 12.6 Å². The Morgan fingerprint density at radius 3 is 2.26 bits per heavy atom. The van der Waals surface area contributed by atoms with Crippen LogP contribution >= 0.6 is 7.82 Å². The molecule has 0 saturated heterocycles. The predicted molar refractivity (Wildman–Crippen MR) is 101 cm³/mol. The first-order valence-corrected chi connectivity index (χ1v) is 10.6. The van der Waals surface area contributed by atoms with Crippen molar-refractivity contribution in [1.29, 1.82) is 0 Å². The van der Waals surface area contributed by atoms with Gasteiger partial charge in [-0.2, -0.15) is 0 Å². The highest BCUT2D eigenvalue weighted by molar-refractivity contribution is 7.48. The number of carbonyl (C=O) groups is 1. The number of hydrogen-bond acceptors (Lipinski definition) is 7. The van der Waals surface area contributed by atoms with Gasteiger partial charge in [-0.25, -0.2) is 4.57 Å². The average Bonchev–Trinajstić information content (AvgIpc) is 2.66. The number of benzene rings is 1. The van der Waals surface area contributed by atoms with Crippen molar-refractivity contribution in [3.05, 3.63) is 35.9 Å². The number of hydrogen-bond donors (Lipinski definition) is 3. The Morgan fingerprint density at radius 1 is 1.04 bits per heavy atom. The van der Waals surface area contributed by atoms with Crippen molar-refractivity contribution in [1.82, 2.24) is 5.32 Å². The van der Waals surface area contributed by atoms with Crippen LogP contribution < -0.4 is 5.32 Å². The van der Waals surface area contributed by atoms with Crippen LogP contribution in [-0.2, 0) is 22.9 Å². The summed E-state index contributed by atoms with van der Waals surface area (Å²) in [7, 11) is -4.12. The lowest BCUT2D eigenvalue weighted by Gasteiger charge is -2.22. The highest BCUT2D eigenvalue weighted by atomic mass is 31.2. The Morgan fingerprint density at radius 2 is 1.67 bits per heavy atom. The number of phosphoric ester groups is 1. The van der Waals surface area contributed by atoms with Crippen LogP contribution in [-0.4, -0.2) is 36.3 Å². The topological polar surface area (TPSA) is 114 Å². The van der Waals surface area contributed by atoms with Gasteiger partial charge in [-0.05, 0) is 12.0 Å². The van der Waals surface area contributed by atoms with Gasteiger partial charge in [0, 0.05) is 6.42 Å². The predicted octanol–water partition coefficient (Wildman–Crippen LogP) is 3.26. The van der Waals surface area contributed by atoms with E-state index in [9.17, 15) is 9.36 Å². The van der Waals surface area contributed by atoms with E-state index < -0.39 is 27.5 Å². The minimum absolute atomic E-state index is 0.134.